The average molecular weight is 406 g/mol. The van der Waals surface area contributed by atoms with Gasteiger partial charge >= 0.3 is 0 Å². The molecule has 1 aromatic carbocycles. The molecule has 5 heteroatoms. The topological polar surface area (TPSA) is 54.9 Å². The second kappa shape index (κ2) is 7.42. The van der Waals surface area contributed by atoms with Crippen molar-refractivity contribution in [1.29, 1.82) is 0 Å². The molecule has 1 N–H and O–H groups in total. The Balaban J connectivity index is 1.27. The van der Waals surface area contributed by atoms with Gasteiger partial charge in [0.2, 0.25) is 5.91 Å². The molecule has 3 aromatic rings. The van der Waals surface area contributed by atoms with Crippen LogP contribution in [-0.2, 0) is 4.79 Å². The molecule has 148 valence electrons. The fraction of sp³-hybridized carbons (Fsp3) is 0.375. The highest BCUT2D eigenvalue weighted by atomic mass is 35.5. The van der Waals surface area contributed by atoms with Crippen LogP contribution < -0.4 is 5.32 Å². The molecular formula is C24H24ClN3O. The summed E-state index contributed by atoms with van der Waals surface area (Å²) in [5.41, 5.74) is 3.03. The number of hydrogen-bond acceptors (Lipinski definition) is 3. The maximum Gasteiger partial charge on any atom is 0.230 e. The average Bonchev–Trinajstić information content (AvgIpc) is 3.57. The molecule has 1 amide bonds. The van der Waals surface area contributed by atoms with Crippen molar-refractivity contribution in [3.8, 4) is 0 Å². The lowest BCUT2D eigenvalue weighted by molar-refractivity contribution is -0.123. The van der Waals surface area contributed by atoms with Gasteiger partial charge in [0.25, 0.3) is 0 Å². The summed E-state index contributed by atoms with van der Waals surface area (Å²) in [7, 11) is 0. The maximum atomic E-state index is 13.0. The number of fused-ring (bicyclic) bond motifs is 1. The van der Waals surface area contributed by atoms with Crippen molar-refractivity contribution in [3.05, 3.63) is 65.6 Å². The standard InChI is InChI=1S/C24H24ClN3O/c25-18-5-7-19(8-6-18)28-23(29)24(11-12-24)17-3-1-16(2-4-17)20-9-14-27-22-10-13-26-15-21(20)22/h5-10,13-17H,1-4,11-12H2,(H,28,29)/t16-,17+. The summed E-state index contributed by atoms with van der Waals surface area (Å²) in [6.07, 6.45) is 12.1. The minimum atomic E-state index is -0.174. The molecule has 0 bridgehead atoms. The molecule has 2 heterocycles. The molecule has 2 saturated carbocycles. The molecule has 0 saturated heterocycles. The zero-order valence-electron chi connectivity index (χ0n) is 16.3. The largest absolute Gasteiger partial charge is 0.326 e. The van der Waals surface area contributed by atoms with E-state index in [1.165, 1.54) is 10.9 Å². The van der Waals surface area contributed by atoms with E-state index in [2.05, 4.69) is 21.4 Å². The van der Waals surface area contributed by atoms with Crippen molar-refractivity contribution in [2.24, 2.45) is 11.3 Å². The van der Waals surface area contributed by atoms with Crippen molar-refractivity contribution >= 4 is 34.1 Å². The van der Waals surface area contributed by atoms with Crippen LogP contribution in [0.3, 0.4) is 0 Å². The lowest BCUT2D eigenvalue weighted by Crippen LogP contribution is -2.33. The molecule has 2 aliphatic rings. The van der Waals surface area contributed by atoms with E-state index in [-0.39, 0.29) is 11.3 Å². The number of aromatic nitrogens is 2. The Morgan fingerprint density at radius 1 is 1.00 bits per heavy atom. The number of halogens is 1. The second-order valence-electron chi connectivity index (χ2n) is 8.46. The Morgan fingerprint density at radius 2 is 1.76 bits per heavy atom. The van der Waals surface area contributed by atoms with Crippen LogP contribution in [0.5, 0.6) is 0 Å². The van der Waals surface area contributed by atoms with Gasteiger partial charge in [0.05, 0.1) is 10.9 Å². The highest BCUT2D eigenvalue weighted by molar-refractivity contribution is 6.30. The van der Waals surface area contributed by atoms with Gasteiger partial charge in [0.15, 0.2) is 0 Å². The summed E-state index contributed by atoms with van der Waals surface area (Å²) >= 11 is 5.95. The second-order valence-corrected chi connectivity index (χ2v) is 8.90. The number of anilines is 1. The van der Waals surface area contributed by atoms with E-state index in [0.717, 1.165) is 49.7 Å². The Labute approximate surface area is 175 Å². The fourth-order valence-electron chi connectivity index (χ4n) is 5.07. The van der Waals surface area contributed by atoms with Crippen molar-refractivity contribution in [1.82, 2.24) is 9.97 Å². The number of carbonyl (C=O) groups is 1. The molecule has 5 rings (SSSR count). The summed E-state index contributed by atoms with van der Waals surface area (Å²) in [6.45, 7) is 0. The van der Waals surface area contributed by atoms with E-state index in [1.54, 1.807) is 6.20 Å². The number of pyridine rings is 2. The monoisotopic (exact) mass is 405 g/mol. The van der Waals surface area contributed by atoms with E-state index in [4.69, 9.17) is 11.6 Å². The third kappa shape index (κ3) is 3.51. The van der Waals surface area contributed by atoms with Crippen LogP contribution in [0.25, 0.3) is 10.9 Å². The first-order valence-electron chi connectivity index (χ1n) is 10.4. The number of rotatable bonds is 4. The quantitative estimate of drug-likeness (QED) is 0.581. The van der Waals surface area contributed by atoms with Crippen LogP contribution in [0.15, 0.2) is 55.0 Å². The maximum absolute atomic E-state index is 13.0. The van der Waals surface area contributed by atoms with Gasteiger partial charge in [-0.2, -0.15) is 0 Å². The molecule has 2 aliphatic carbocycles. The molecule has 0 radical (unpaired) electrons. The zero-order valence-corrected chi connectivity index (χ0v) is 17.0. The summed E-state index contributed by atoms with van der Waals surface area (Å²) in [5, 5.41) is 4.97. The summed E-state index contributed by atoms with van der Waals surface area (Å²) in [4.78, 5) is 21.8. The third-order valence-electron chi connectivity index (χ3n) is 6.87. The number of hydrogen-bond donors (Lipinski definition) is 1. The first-order chi connectivity index (χ1) is 14.2. The minimum Gasteiger partial charge on any atom is -0.326 e. The highest BCUT2D eigenvalue weighted by Gasteiger charge is 2.55. The van der Waals surface area contributed by atoms with Crippen molar-refractivity contribution < 1.29 is 4.79 Å². The van der Waals surface area contributed by atoms with Gasteiger partial charge in [-0.05, 0) is 92.3 Å². The number of carbonyl (C=O) groups excluding carboxylic acids is 1. The number of nitrogens with one attached hydrogen (secondary N) is 1. The van der Waals surface area contributed by atoms with Gasteiger partial charge in [-0.15, -0.1) is 0 Å². The van der Waals surface area contributed by atoms with E-state index >= 15 is 0 Å². The van der Waals surface area contributed by atoms with Crippen molar-refractivity contribution in [3.63, 3.8) is 0 Å². The predicted molar refractivity (Wildman–Crippen MR) is 116 cm³/mol. The van der Waals surface area contributed by atoms with Crippen molar-refractivity contribution in [2.45, 2.75) is 44.4 Å². The highest BCUT2D eigenvalue weighted by Crippen LogP contribution is 2.58. The van der Waals surface area contributed by atoms with Gasteiger partial charge in [-0.3, -0.25) is 14.8 Å². The van der Waals surface area contributed by atoms with Crippen LogP contribution in [0.4, 0.5) is 5.69 Å². The van der Waals surface area contributed by atoms with Crippen LogP contribution in [0.1, 0.15) is 50.0 Å². The van der Waals surface area contributed by atoms with Gasteiger partial charge in [-0.1, -0.05) is 11.6 Å². The third-order valence-corrected chi connectivity index (χ3v) is 7.12. The summed E-state index contributed by atoms with van der Waals surface area (Å²) < 4.78 is 0. The first-order valence-corrected chi connectivity index (χ1v) is 10.8. The number of nitrogens with zero attached hydrogens (tertiary/aromatic N) is 2. The molecule has 4 nitrogen and oxygen atoms in total. The molecular weight excluding hydrogens is 382 g/mol. The number of benzene rings is 1. The molecule has 29 heavy (non-hydrogen) atoms. The smallest absolute Gasteiger partial charge is 0.230 e. The van der Waals surface area contributed by atoms with Crippen LogP contribution in [0, 0.1) is 11.3 Å². The Kier molecular flexibility index (Phi) is 4.75. The minimum absolute atomic E-state index is 0.174. The molecule has 2 aromatic heterocycles. The predicted octanol–water partition coefficient (Wildman–Crippen LogP) is 5.98. The Morgan fingerprint density at radius 3 is 2.48 bits per heavy atom. The molecule has 0 spiro atoms. The van der Waals surface area contributed by atoms with E-state index in [9.17, 15) is 4.79 Å². The van der Waals surface area contributed by atoms with E-state index in [0.29, 0.717) is 16.9 Å². The normalized spacial score (nSPS) is 22.9. The summed E-state index contributed by atoms with van der Waals surface area (Å²) in [6, 6.07) is 11.5. The molecule has 2 fully saturated rings. The molecule has 0 unspecified atom stereocenters. The Hall–Kier alpha value is -2.46. The lowest BCUT2D eigenvalue weighted by Gasteiger charge is -2.34. The van der Waals surface area contributed by atoms with Gasteiger partial charge in [0, 0.05) is 34.7 Å². The SMILES string of the molecule is O=C(Nc1ccc(Cl)cc1)C1([C@H]2CC[C@@H](c3ccnc4ccncc43)CC2)CC1. The van der Waals surface area contributed by atoms with Crippen LogP contribution in [-0.4, -0.2) is 15.9 Å². The van der Waals surface area contributed by atoms with E-state index in [1.807, 2.05) is 42.7 Å². The fourth-order valence-corrected chi connectivity index (χ4v) is 5.19. The van der Waals surface area contributed by atoms with Gasteiger partial charge in [-0.25, -0.2) is 0 Å². The zero-order chi connectivity index (χ0) is 19.8. The van der Waals surface area contributed by atoms with Gasteiger partial charge < -0.3 is 5.32 Å². The number of amides is 1. The first kappa shape index (κ1) is 18.6. The van der Waals surface area contributed by atoms with E-state index < -0.39 is 0 Å². The van der Waals surface area contributed by atoms with Gasteiger partial charge in [0.1, 0.15) is 0 Å². The van der Waals surface area contributed by atoms with Crippen LogP contribution >= 0.6 is 11.6 Å². The molecule has 0 atom stereocenters. The summed E-state index contributed by atoms with van der Waals surface area (Å²) in [5.74, 6) is 1.18. The van der Waals surface area contributed by atoms with Crippen molar-refractivity contribution in [2.75, 3.05) is 5.32 Å². The molecule has 0 aliphatic heterocycles. The Bertz CT molecular complexity index is 1030. The van der Waals surface area contributed by atoms with Crippen LogP contribution in [0.2, 0.25) is 5.02 Å². The lowest BCUT2D eigenvalue weighted by atomic mass is 9.71.